The first-order valence-corrected chi connectivity index (χ1v) is 5.69. The van der Waals surface area contributed by atoms with Crippen LogP contribution in [0.5, 0.6) is 0 Å². The van der Waals surface area contributed by atoms with Gasteiger partial charge in [-0.05, 0) is 13.3 Å². The van der Waals surface area contributed by atoms with Crippen LogP contribution in [0.4, 0.5) is 0 Å². The third-order valence-corrected chi connectivity index (χ3v) is 2.39. The Labute approximate surface area is 86.5 Å². The Morgan fingerprint density at radius 1 is 1.14 bits per heavy atom. The number of rotatable bonds is 7. The molecule has 1 rings (SSSR count). The number of hydrogen-bond acceptors (Lipinski definition) is 2. The fourth-order valence-electron chi connectivity index (χ4n) is 1.55. The lowest BCUT2D eigenvalue weighted by Gasteiger charge is -2.00. The van der Waals surface area contributed by atoms with Crippen LogP contribution in [0.1, 0.15) is 51.3 Å². The molecule has 0 saturated carbocycles. The molecular formula is C11H21N3. The molecule has 0 aliphatic carbocycles. The first kappa shape index (κ1) is 11.2. The summed E-state index contributed by atoms with van der Waals surface area (Å²) < 4.78 is 1.94. The second kappa shape index (κ2) is 6.57. The molecule has 0 N–H and O–H groups in total. The zero-order valence-corrected chi connectivity index (χ0v) is 9.37. The van der Waals surface area contributed by atoms with Gasteiger partial charge in [-0.15, -0.1) is 0 Å². The Hall–Kier alpha value is -0.860. The second-order valence-corrected chi connectivity index (χ2v) is 3.82. The van der Waals surface area contributed by atoms with Gasteiger partial charge >= 0.3 is 0 Å². The molecule has 1 aromatic rings. The number of nitrogens with zero attached hydrogens (tertiary/aromatic N) is 3. The molecule has 0 saturated heterocycles. The zero-order valence-electron chi connectivity index (χ0n) is 9.37. The second-order valence-electron chi connectivity index (χ2n) is 3.82. The van der Waals surface area contributed by atoms with E-state index in [1.54, 1.807) is 0 Å². The van der Waals surface area contributed by atoms with Crippen molar-refractivity contribution in [2.24, 2.45) is 0 Å². The predicted octanol–water partition coefficient (Wildman–Crippen LogP) is 2.95. The molecule has 14 heavy (non-hydrogen) atoms. The first-order chi connectivity index (χ1) is 6.83. The van der Waals surface area contributed by atoms with Gasteiger partial charge in [-0.25, -0.2) is 4.98 Å². The highest BCUT2D eigenvalue weighted by molar-refractivity contribution is 4.74. The molecule has 0 fully saturated rings. The molecule has 3 heteroatoms. The van der Waals surface area contributed by atoms with E-state index in [0.717, 1.165) is 12.4 Å². The highest BCUT2D eigenvalue weighted by atomic mass is 15.3. The summed E-state index contributed by atoms with van der Waals surface area (Å²) in [5.41, 5.74) is 0. The van der Waals surface area contributed by atoms with Crippen LogP contribution in [-0.4, -0.2) is 14.8 Å². The van der Waals surface area contributed by atoms with Crippen molar-refractivity contribution >= 4 is 0 Å². The van der Waals surface area contributed by atoms with Crippen LogP contribution in [0.25, 0.3) is 0 Å². The van der Waals surface area contributed by atoms with E-state index in [4.69, 9.17) is 0 Å². The number of hydrogen-bond donors (Lipinski definition) is 0. The standard InChI is InChI=1S/C11H21N3/c1-3-4-5-6-7-8-9-14-10-12-11(2)13-14/h10H,3-9H2,1-2H3. The minimum absolute atomic E-state index is 0.871. The van der Waals surface area contributed by atoms with Crippen LogP contribution in [-0.2, 0) is 6.54 Å². The van der Waals surface area contributed by atoms with Crippen molar-refractivity contribution in [3.05, 3.63) is 12.2 Å². The maximum absolute atomic E-state index is 4.25. The largest absolute Gasteiger partial charge is 0.253 e. The van der Waals surface area contributed by atoms with Crippen molar-refractivity contribution < 1.29 is 0 Å². The SMILES string of the molecule is CCCCCCCCn1cnc(C)n1. The monoisotopic (exact) mass is 195 g/mol. The molecule has 0 aliphatic heterocycles. The topological polar surface area (TPSA) is 30.7 Å². The van der Waals surface area contributed by atoms with Gasteiger partial charge in [0.05, 0.1) is 0 Å². The predicted molar refractivity (Wildman–Crippen MR) is 58.1 cm³/mol. The first-order valence-electron chi connectivity index (χ1n) is 5.69. The van der Waals surface area contributed by atoms with Gasteiger partial charge in [0, 0.05) is 6.54 Å². The Bertz CT molecular complexity index is 242. The average Bonchev–Trinajstić information content (AvgIpc) is 2.58. The Morgan fingerprint density at radius 2 is 1.86 bits per heavy atom. The van der Waals surface area contributed by atoms with Gasteiger partial charge in [0.25, 0.3) is 0 Å². The van der Waals surface area contributed by atoms with Crippen LogP contribution in [0.3, 0.4) is 0 Å². The van der Waals surface area contributed by atoms with Crippen LogP contribution < -0.4 is 0 Å². The maximum Gasteiger partial charge on any atom is 0.147 e. The molecule has 0 amide bonds. The highest BCUT2D eigenvalue weighted by Crippen LogP contribution is 2.05. The number of unbranched alkanes of at least 4 members (excludes halogenated alkanes) is 5. The normalized spacial score (nSPS) is 10.7. The van der Waals surface area contributed by atoms with Gasteiger partial charge in [0.1, 0.15) is 12.2 Å². The van der Waals surface area contributed by atoms with Crippen molar-refractivity contribution in [2.75, 3.05) is 0 Å². The van der Waals surface area contributed by atoms with Crippen LogP contribution in [0.15, 0.2) is 6.33 Å². The fraction of sp³-hybridized carbons (Fsp3) is 0.818. The Balaban J connectivity index is 1.99. The summed E-state index contributed by atoms with van der Waals surface area (Å²) in [6.07, 6.45) is 9.81. The summed E-state index contributed by atoms with van der Waals surface area (Å²) in [7, 11) is 0. The van der Waals surface area contributed by atoms with Gasteiger partial charge in [-0.3, -0.25) is 4.68 Å². The Morgan fingerprint density at radius 3 is 2.50 bits per heavy atom. The van der Waals surface area contributed by atoms with Gasteiger partial charge < -0.3 is 0 Å². The molecule has 1 aromatic heterocycles. The van der Waals surface area contributed by atoms with Gasteiger partial charge in [-0.2, -0.15) is 5.10 Å². The lowest BCUT2D eigenvalue weighted by molar-refractivity contribution is 0.525. The van der Waals surface area contributed by atoms with Gasteiger partial charge in [0.15, 0.2) is 0 Å². The zero-order chi connectivity index (χ0) is 10.2. The third-order valence-electron chi connectivity index (χ3n) is 2.39. The van der Waals surface area contributed by atoms with E-state index in [9.17, 15) is 0 Å². The van der Waals surface area contributed by atoms with Crippen molar-refractivity contribution in [1.82, 2.24) is 14.8 Å². The molecule has 80 valence electrons. The molecule has 0 bridgehead atoms. The van der Waals surface area contributed by atoms with E-state index >= 15 is 0 Å². The van der Waals surface area contributed by atoms with E-state index in [2.05, 4.69) is 17.0 Å². The average molecular weight is 195 g/mol. The summed E-state index contributed by atoms with van der Waals surface area (Å²) in [4.78, 5) is 4.10. The quantitative estimate of drug-likeness (QED) is 0.626. The van der Waals surface area contributed by atoms with E-state index in [1.165, 1.54) is 38.5 Å². The minimum Gasteiger partial charge on any atom is -0.253 e. The molecule has 0 aliphatic rings. The van der Waals surface area contributed by atoms with Crippen LogP contribution in [0.2, 0.25) is 0 Å². The molecule has 0 aromatic carbocycles. The van der Waals surface area contributed by atoms with Gasteiger partial charge in [0.2, 0.25) is 0 Å². The summed E-state index contributed by atoms with van der Waals surface area (Å²) in [6, 6.07) is 0. The van der Waals surface area contributed by atoms with Crippen molar-refractivity contribution in [2.45, 2.75) is 58.9 Å². The van der Waals surface area contributed by atoms with E-state index in [-0.39, 0.29) is 0 Å². The number of aryl methyl sites for hydroxylation is 2. The van der Waals surface area contributed by atoms with E-state index in [1.807, 2.05) is 17.9 Å². The molecule has 1 heterocycles. The molecule has 0 radical (unpaired) electrons. The highest BCUT2D eigenvalue weighted by Gasteiger charge is 1.94. The van der Waals surface area contributed by atoms with Gasteiger partial charge in [-0.1, -0.05) is 39.0 Å². The smallest absolute Gasteiger partial charge is 0.147 e. The molecule has 0 unspecified atom stereocenters. The Kier molecular flexibility index (Phi) is 5.27. The van der Waals surface area contributed by atoms with Crippen LogP contribution >= 0.6 is 0 Å². The maximum atomic E-state index is 4.25. The third kappa shape index (κ3) is 4.40. The van der Waals surface area contributed by atoms with Crippen molar-refractivity contribution in [1.29, 1.82) is 0 Å². The van der Waals surface area contributed by atoms with Crippen molar-refractivity contribution in [3.8, 4) is 0 Å². The molecule has 3 nitrogen and oxygen atoms in total. The van der Waals surface area contributed by atoms with Crippen molar-refractivity contribution in [3.63, 3.8) is 0 Å². The van der Waals surface area contributed by atoms with Crippen LogP contribution in [0, 0.1) is 6.92 Å². The lowest BCUT2D eigenvalue weighted by atomic mass is 10.1. The summed E-state index contributed by atoms with van der Waals surface area (Å²) in [5.74, 6) is 0.871. The van der Waals surface area contributed by atoms with E-state index in [0.29, 0.717) is 0 Å². The molecule has 0 atom stereocenters. The minimum atomic E-state index is 0.871. The molecule has 0 spiro atoms. The fourth-order valence-corrected chi connectivity index (χ4v) is 1.55. The number of aromatic nitrogens is 3. The summed E-state index contributed by atoms with van der Waals surface area (Å²) >= 11 is 0. The molecular weight excluding hydrogens is 174 g/mol. The van der Waals surface area contributed by atoms with E-state index < -0.39 is 0 Å². The summed E-state index contributed by atoms with van der Waals surface area (Å²) in [6.45, 7) is 5.20. The summed E-state index contributed by atoms with van der Waals surface area (Å²) in [5, 5.41) is 4.25. The lowest BCUT2D eigenvalue weighted by Crippen LogP contribution is -1.98.